The number of carbonyl (C=O) groups is 1. The number of carbonyl (C=O) groups excluding carboxylic acids is 1. The van der Waals surface area contributed by atoms with E-state index in [-0.39, 0.29) is 0 Å². The van der Waals surface area contributed by atoms with Crippen LogP contribution in [0.4, 0.5) is 10.5 Å². The Bertz CT molecular complexity index is 1170. The van der Waals surface area contributed by atoms with Gasteiger partial charge in [0.2, 0.25) is 0 Å². The average molecular weight is 502 g/mol. The Balaban J connectivity index is 1.19. The predicted molar refractivity (Wildman–Crippen MR) is 142 cm³/mol. The van der Waals surface area contributed by atoms with Gasteiger partial charge in [0.25, 0.3) is 0 Å². The molecule has 1 saturated heterocycles. The lowest BCUT2D eigenvalue weighted by Gasteiger charge is -2.37. The Morgan fingerprint density at radius 1 is 1.12 bits per heavy atom. The van der Waals surface area contributed by atoms with Crippen molar-refractivity contribution in [2.45, 2.75) is 31.1 Å². The van der Waals surface area contributed by atoms with Crippen LogP contribution >= 0.6 is 23.4 Å². The molecule has 9 heteroatoms. The van der Waals surface area contributed by atoms with Gasteiger partial charge in [-0.15, -0.1) is 11.8 Å². The van der Waals surface area contributed by atoms with Gasteiger partial charge in [-0.3, -0.25) is 4.90 Å². The van der Waals surface area contributed by atoms with Crippen molar-refractivity contribution in [3.63, 3.8) is 0 Å². The number of imidazole rings is 1. The largest absolute Gasteiger partial charge is 0.368 e. The van der Waals surface area contributed by atoms with Crippen LogP contribution in [0.3, 0.4) is 0 Å². The SMILES string of the molecule is CCCSc1ccccc1N1CCN(CCCCNC(=O)n2c(=O)[nH]c3ccc(Cl)cc32)CC1. The van der Waals surface area contributed by atoms with Crippen molar-refractivity contribution < 1.29 is 4.79 Å². The van der Waals surface area contributed by atoms with Crippen molar-refractivity contribution in [3.05, 3.63) is 58.0 Å². The molecule has 1 amide bonds. The Morgan fingerprint density at radius 2 is 1.91 bits per heavy atom. The number of nitrogens with zero attached hydrogens (tertiary/aromatic N) is 3. The fourth-order valence-electron chi connectivity index (χ4n) is 4.28. The highest BCUT2D eigenvalue weighted by atomic mass is 35.5. The molecule has 1 aliphatic heterocycles. The highest BCUT2D eigenvalue weighted by molar-refractivity contribution is 7.99. The molecular weight excluding hydrogens is 470 g/mol. The molecule has 0 radical (unpaired) electrons. The lowest BCUT2D eigenvalue weighted by Crippen LogP contribution is -2.46. The molecule has 0 unspecified atom stereocenters. The maximum absolute atomic E-state index is 12.6. The fourth-order valence-corrected chi connectivity index (χ4v) is 5.39. The van der Waals surface area contributed by atoms with Gasteiger partial charge in [-0.2, -0.15) is 0 Å². The standard InChI is InChI=1S/C25H32ClN5O2S/c1-2-17-34-23-8-4-3-7-21(23)30-15-13-29(14-16-30)12-6-5-11-27-24(32)31-22-18-19(26)9-10-20(22)28-25(31)33/h3-4,7-10,18H,2,5-6,11-17H2,1H3,(H,27,32)(H,28,33). The van der Waals surface area contributed by atoms with Crippen LogP contribution in [0.25, 0.3) is 11.0 Å². The maximum Gasteiger partial charge on any atom is 0.334 e. The smallest absolute Gasteiger partial charge is 0.334 e. The van der Waals surface area contributed by atoms with E-state index in [9.17, 15) is 9.59 Å². The van der Waals surface area contributed by atoms with E-state index in [1.54, 1.807) is 18.2 Å². The fraction of sp³-hybridized carbons (Fsp3) is 0.440. The van der Waals surface area contributed by atoms with Crippen LogP contribution in [0, 0.1) is 0 Å². The van der Waals surface area contributed by atoms with Crippen LogP contribution in [0.2, 0.25) is 5.02 Å². The second-order valence-corrected chi connectivity index (χ2v) is 10.1. The first-order valence-corrected chi connectivity index (χ1v) is 13.3. The zero-order valence-electron chi connectivity index (χ0n) is 19.6. The summed E-state index contributed by atoms with van der Waals surface area (Å²) in [5.41, 5.74) is 1.98. The molecule has 1 aliphatic rings. The number of nitrogens with one attached hydrogen (secondary N) is 2. The third kappa shape index (κ3) is 5.98. The molecule has 3 aromatic rings. The molecule has 182 valence electrons. The first-order valence-electron chi connectivity index (χ1n) is 11.9. The summed E-state index contributed by atoms with van der Waals surface area (Å²) in [4.78, 5) is 33.8. The van der Waals surface area contributed by atoms with E-state index in [2.05, 4.69) is 51.3 Å². The average Bonchev–Trinajstić information content (AvgIpc) is 3.18. The molecule has 1 aromatic heterocycles. The lowest BCUT2D eigenvalue weighted by atomic mass is 10.2. The zero-order chi connectivity index (χ0) is 23.9. The molecule has 1 fully saturated rings. The normalized spacial score (nSPS) is 14.6. The molecule has 7 nitrogen and oxygen atoms in total. The summed E-state index contributed by atoms with van der Waals surface area (Å²) in [6.45, 7) is 7.92. The molecule has 2 N–H and O–H groups in total. The van der Waals surface area contributed by atoms with Gasteiger partial charge in [-0.1, -0.05) is 30.7 Å². The Kier molecular flexibility index (Phi) is 8.59. The summed E-state index contributed by atoms with van der Waals surface area (Å²) in [7, 11) is 0. The molecule has 0 atom stereocenters. The van der Waals surface area contributed by atoms with Gasteiger partial charge in [-0.05, 0) is 61.9 Å². The molecule has 0 aliphatic carbocycles. The summed E-state index contributed by atoms with van der Waals surface area (Å²) in [5, 5.41) is 3.34. The summed E-state index contributed by atoms with van der Waals surface area (Å²) in [6.07, 6.45) is 3.04. The number of fused-ring (bicyclic) bond motifs is 1. The van der Waals surface area contributed by atoms with E-state index in [1.807, 2.05) is 11.8 Å². The van der Waals surface area contributed by atoms with Crippen molar-refractivity contribution >= 4 is 46.1 Å². The minimum absolute atomic E-state index is 0.424. The van der Waals surface area contributed by atoms with Gasteiger partial charge in [-0.25, -0.2) is 14.2 Å². The van der Waals surface area contributed by atoms with Crippen molar-refractivity contribution in [2.75, 3.05) is 49.9 Å². The highest BCUT2D eigenvalue weighted by Gasteiger charge is 2.19. The molecule has 0 saturated carbocycles. The van der Waals surface area contributed by atoms with Crippen LogP contribution in [-0.4, -0.2) is 65.5 Å². The van der Waals surface area contributed by atoms with Crippen LogP contribution < -0.4 is 15.9 Å². The van der Waals surface area contributed by atoms with Crippen molar-refractivity contribution in [1.29, 1.82) is 0 Å². The maximum atomic E-state index is 12.6. The van der Waals surface area contributed by atoms with E-state index >= 15 is 0 Å². The number of H-pyrrole nitrogens is 1. The molecule has 34 heavy (non-hydrogen) atoms. The minimum atomic E-state index is -0.456. The van der Waals surface area contributed by atoms with E-state index in [1.165, 1.54) is 17.0 Å². The zero-order valence-corrected chi connectivity index (χ0v) is 21.1. The molecular formula is C25H32ClN5O2S. The van der Waals surface area contributed by atoms with E-state index < -0.39 is 11.7 Å². The van der Waals surface area contributed by atoms with Gasteiger partial charge < -0.3 is 15.2 Å². The summed E-state index contributed by atoms with van der Waals surface area (Å²) in [6, 6.07) is 13.3. The summed E-state index contributed by atoms with van der Waals surface area (Å²) < 4.78 is 1.11. The number of benzene rings is 2. The lowest BCUT2D eigenvalue weighted by molar-refractivity contribution is 0.239. The van der Waals surface area contributed by atoms with Crippen LogP contribution in [0.5, 0.6) is 0 Å². The van der Waals surface area contributed by atoms with Crippen LogP contribution in [0.15, 0.2) is 52.2 Å². The molecule has 2 aromatic carbocycles. The predicted octanol–water partition coefficient (Wildman–Crippen LogP) is 4.65. The van der Waals surface area contributed by atoms with Gasteiger partial charge in [0.15, 0.2) is 0 Å². The Morgan fingerprint density at radius 3 is 2.71 bits per heavy atom. The molecule has 0 bridgehead atoms. The number of rotatable bonds is 9. The van der Waals surface area contributed by atoms with Crippen LogP contribution in [-0.2, 0) is 0 Å². The number of amides is 1. The number of aromatic amines is 1. The third-order valence-electron chi connectivity index (χ3n) is 6.07. The number of para-hydroxylation sites is 1. The first-order chi connectivity index (χ1) is 16.6. The topological polar surface area (TPSA) is 73.4 Å². The minimum Gasteiger partial charge on any atom is -0.368 e. The van der Waals surface area contributed by atoms with Gasteiger partial charge in [0.1, 0.15) is 0 Å². The molecule has 4 rings (SSSR count). The highest BCUT2D eigenvalue weighted by Crippen LogP contribution is 2.31. The molecule has 0 spiro atoms. The number of hydrogen-bond donors (Lipinski definition) is 2. The van der Waals surface area contributed by atoms with Crippen molar-refractivity contribution in [3.8, 4) is 0 Å². The Labute approximate surface area is 209 Å². The third-order valence-corrected chi connectivity index (χ3v) is 7.57. The first kappa shape index (κ1) is 24.7. The number of piperazine rings is 1. The second-order valence-electron chi connectivity index (χ2n) is 8.51. The van der Waals surface area contributed by atoms with Gasteiger partial charge in [0, 0.05) is 42.6 Å². The Hall–Kier alpha value is -2.42. The van der Waals surface area contributed by atoms with E-state index in [4.69, 9.17) is 11.6 Å². The summed E-state index contributed by atoms with van der Waals surface area (Å²) in [5.74, 6) is 1.15. The number of anilines is 1. The summed E-state index contributed by atoms with van der Waals surface area (Å²) >= 11 is 7.97. The monoisotopic (exact) mass is 501 g/mol. The van der Waals surface area contributed by atoms with E-state index in [0.717, 1.165) is 55.9 Å². The number of unbranched alkanes of at least 4 members (excludes halogenated alkanes) is 1. The second kappa shape index (κ2) is 11.8. The number of hydrogen-bond acceptors (Lipinski definition) is 5. The van der Waals surface area contributed by atoms with Crippen molar-refractivity contribution in [2.24, 2.45) is 0 Å². The van der Waals surface area contributed by atoms with Crippen molar-refractivity contribution in [1.82, 2.24) is 19.8 Å². The van der Waals surface area contributed by atoms with Crippen LogP contribution in [0.1, 0.15) is 26.2 Å². The number of aromatic nitrogens is 2. The quantitative estimate of drug-likeness (QED) is 0.330. The van der Waals surface area contributed by atoms with Gasteiger partial charge >= 0.3 is 11.7 Å². The number of halogens is 1. The molecule has 2 heterocycles. The number of thioether (sulfide) groups is 1. The van der Waals surface area contributed by atoms with E-state index in [0.29, 0.717) is 22.6 Å². The van der Waals surface area contributed by atoms with Gasteiger partial charge in [0.05, 0.1) is 16.7 Å².